The second-order valence-electron chi connectivity index (χ2n) is 12.3. The molecule has 9 aromatic rings. The zero-order chi connectivity index (χ0) is 33.6. The third-order valence-electron chi connectivity index (χ3n) is 9.21. The summed E-state index contributed by atoms with van der Waals surface area (Å²) in [6.45, 7) is 0. The van der Waals surface area contributed by atoms with Crippen LogP contribution >= 0.6 is 0 Å². The molecule has 2 heterocycles. The highest BCUT2D eigenvalue weighted by Crippen LogP contribution is 2.34. The van der Waals surface area contributed by atoms with Crippen LogP contribution in [0.15, 0.2) is 162 Å². The van der Waals surface area contributed by atoms with E-state index in [1.54, 1.807) is 0 Å². The molecule has 0 amide bonds. The lowest BCUT2D eigenvalue weighted by Crippen LogP contribution is -2.19. The maximum Gasteiger partial charge on any atom is 0.218 e. The van der Waals surface area contributed by atoms with Crippen LogP contribution in [0.3, 0.4) is 0 Å². The average molecular weight is 647 g/mol. The van der Waals surface area contributed by atoms with Crippen LogP contribution in [0.25, 0.3) is 77.4 Å². The molecule has 6 heteroatoms. The van der Waals surface area contributed by atoms with Crippen LogP contribution in [-0.2, 0) is 4.74 Å². The molecular formula is C44H30N4O2. The van der Waals surface area contributed by atoms with Crippen molar-refractivity contribution in [3.63, 3.8) is 0 Å². The van der Waals surface area contributed by atoms with Gasteiger partial charge in [0.15, 0.2) is 12.1 Å². The lowest BCUT2D eigenvalue weighted by atomic mass is 9.99. The van der Waals surface area contributed by atoms with Crippen molar-refractivity contribution in [1.82, 2.24) is 9.97 Å². The van der Waals surface area contributed by atoms with Gasteiger partial charge in [-0.05, 0) is 51.9 Å². The van der Waals surface area contributed by atoms with Crippen LogP contribution in [0.5, 0.6) is 0 Å². The summed E-state index contributed by atoms with van der Waals surface area (Å²) in [5.41, 5.74) is 13.9. The van der Waals surface area contributed by atoms with Gasteiger partial charge in [0.2, 0.25) is 5.90 Å². The molecule has 50 heavy (non-hydrogen) atoms. The van der Waals surface area contributed by atoms with Gasteiger partial charge >= 0.3 is 0 Å². The van der Waals surface area contributed by atoms with E-state index in [0.29, 0.717) is 17.0 Å². The quantitative estimate of drug-likeness (QED) is 0.106. The molecule has 0 spiro atoms. The molecule has 1 unspecified atom stereocenters. The first-order valence-electron chi connectivity index (χ1n) is 16.5. The summed E-state index contributed by atoms with van der Waals surface area (Å²) in [4.78, 5) is 10.1. The fourth-order valence-electron chi connectivity index (χ4n) is 6.68. The van der Waals surface area contributed by atoms with Crippen molar-refractivity contribution in [1.29, 1.82) is 5.41 Å². The van der Waals surface area contributed by atoms with Gasteiger partial charge in [-0.15, -0.1) is 0 Å². The number of nitrogens with two attached hydrogens (primary N) is 1. The summed E-state index contributed by atoms with van der Waals surface area (Å²) < 4.78 is 12.2. The second-order valence-corrected chi connectivity index (χ2v) is 12.3. The number of para-hydroxylation sites is 2. The standard InChI is InChI=1S/C44H30N4O2/c45-42(50-43(46)37-18-9-17-36-35-15-6-7-19-40(35)49-41(36)37)31-23-21-27-20-22-30(24-32(27)25-31)38-26-39(48-44(47-38)29-11-2-1-3-12-29)34-16-8-13-28-10-4-5-14-33(28)34/h1-26,42,46H,45H2. The SMILES string of the molecule is N=C(OC(N)c1ccc2ccc(-c3cc(-c4cccc5ccccc45)nc(-c4ccccc4)n3)cc2c1)c1cccc2c1oc1ccccc12. The van der Waals surface area contributed by atoms with Crippen LogP contribution in [0.1, 0.15) is 17.4 Å². The summed E-state index contributed by atoms with van der Waals surface area (Å²) in [6, 6.07) is 52.7. The number of fused-ring (bicyclic) bond motifs is 5. The van der Waals surface area contributed by atoms with Gasteiger partial charge in [-0.3, -0.25) is 11.1 Å². The first-order chi connectivity index (χ1) is 24.6. The highest BCUT2D eigenvalue weighted by Gasteiger charge is 2.18. The van der Waals surface area contributed by atoms with E-state index in [0.717, 1.165) is 71.5 Å². The fourth-order valence-corrected chi connectivity index (χ4v) is 6.68. The number of nitrogens with one attached hydrogen (secondary N) is 1. The Bertz CT molecular complexity index is 2730. The van der Waals surface area contributed by atoms with Gasteiger partial charge in [-0.1, -0.05) is 127 Å². The molecule has 0 radical (unpaired) electrons. The third kappa shape index (κ3) is 5.25. The minimum absolute atomic E-state index is 0.0496. The third-order valence-corrected chi connectivity index (χ3v) is 9.21. The Hall–Kier alpha value is -6.63. The molecule has 0 saturated carbocycles. The minimum Gasteiger partial charge on any atom is -0.455 e. The fraction of sp³-hybridized carbons (Fsp3) is 0.0227. The predicted molar refractivity (Wildman–Crippen MR) is 202 cm³/mol. The van der Waals surface area contributed by atoms with E-state index in [1.165, 1.54) is 0 Å². The van der Waals surface area contributed by atoms with Crippen molar-refractivity contribution in [2.45, 2.75) is 6.23 Å². The van der Waals surface area contributed by atoms with Gasteiger partial charge in [0.25, 0.3) is 0 Å². The Morgan fingerprint density at radius 2 is 1.30 bits per heavy atom. The van der Waals surface area contributed by atoms with E-state index in [9.17, 15) is 0 Å². The van der Waals surface area contributed by atoms with E-state index in [4.69, 9.17) is 30.3 Å². The average Bonchev–Trinajstić information content (AvgIpc) is 3.56. The maximum atomic E-state index is 8.83. The van der Waals surface area contributed by atoms with E-state index in [-0.39, 0.29) is 5.90 Å². The monoisotopic (exact) mass is 646 g/mol. The second kappa shape index (κ2) is 12.1. The summed E-state index contributed by atoms with van der Waals surface area (Å²) in [5, 5.41) is 15.1. The number of aromatic nitrogens is 2. The van der Waals surface area contributed by atoms with Crippen LogP contribution in [0.2, 0.25) is 0 Å². The van der Waals surface area contributed by atoms with E-state index < -0.39 is 6.23 Å². The van der Waals surface area contributed by atoms with Gasteiger partial charge in [0.05, 0.1) is 17.0 Å². The van der Waals surface area contributed by atoms with Crippen LogP contribution in [-0.4, -0.2) is 15.9 Å². The summed E-state index contributed by atoms with van der Waals surface area (Å²) in [5.74, 6) is 0.611. The molecule has 1 atom stereocenters. The van der Waals surface area contributed by atoms with Crippen LogP contribution < -0.4 is 5.73 Å². The molecule has 0 saturated heterocycles. The Morgan fingerprint density at radius 3 is 2.20 bits per heavy atom. The predicted octanol–water partition coefficient (Wildman–Crippen LogP) is 10.7. The summed E-state index contributed by atoms with van der Waals surface area (Å²) >= 11 is 0. The molecule has 0 aliphatic rings. The Kier molecular flexibility index (Phi) is 7.15. The van der Waals surface area contributed by atoms with Gasteiger partial charge in [0, 0.05) is 33.0 Å². The molecule has 3 N–H and O–H groups in total. The van der Waals surface area contributed by atoms with Crippen molar-refractivity contribution in [2.24, 2.45) is 5.73 Å². The Morgan fingerprint density at radius 1 is 0.580 bits per heavy atom. The number of hydrogen-bond acceptors (Lipinski definition) is 6. The van der Waals surface area contributed by atoms with Crippen molar-refractivity contribution < 1.29 is 9.15 Å². The summed E-state index contributed by atoms with van der Waals surface area (Å²) in [6.07, 6.45) is -0.864. The molecule has 9 rings (SSSR count). The number of ether oxygens (including phenoxy) is 1. The molecule has 238 valence electrons. The van der Waals surface area contributed by atoms with Gasteiger partial charge in [-0.25, -0.2) is 9.97 Å². The van der Waals surface area contributed by atoms with E-state index >= 15 is 0 Å². The highest BCUT2D eigenvalue weighted by atomic mass is 16.5. The zero-order valence-corrected chi connectivity index (χ0v) is 26.9. The molecule has 6 nitrogen and oxygen atoms in total. The number of hydrogen-bond donors (Lipinski definition) is 2. The summed E-state index contributed by atoms with van der Waals surface area (Å²) in [7, 11) is 0. The first-order valence-corrected chi connectivity index (χ1v) is 16.5. The Balaban J connectivity index is 1.08. The number of benzene rings is 7. The minimum atomic E-state index is -0.864. The smallest absolute Gasteiger partial charge is 0.218 e. The molecule has 0 fully saturated rings. The Labute approximate surface area is 287 Å². The van der Waals surface area contributed by atoms with Gasteiger partial charge < -0.3 is 9.15 Å². The largest absolute Gasteiger partial charge is 0.455 e. The molecule has 0 aliphatic heterocycles. The highest BCUT2D eigenvalue weighted by molar-refractivity contribution is 6.12. The number of furan rings is 1. The normalized spacial score (nSPS) is 12.1. The van der Waals surface area contributed by atoms with E-state index in [2.05, 4.69) is 66.7 Å². The molecule has 0 bridgehead atoms. The number of rotatable bonds is 6. The number of nitrogens with zero attached hydrogens (tertiary/aromatic N) is 2. The van der Waals surface area contributed by atoms with Crippen LogP contribution in [0.4, 0.5) is 0 Å². The zero-order valence-electron chi connectivity index (χ0n) is 26.9. The van der Waals surface area contributed by atoms with Gasteiger partial charge in [-0.2, -0.15) is 0 Å². The lowest BCUT2D eigenvalue weighted by Gasteiger charge is -2.16. The van der Waals surface area contributed by atoms with Crippen molar-refractivity contribution in [2.75, 3.05) is 0 Å². The molecular weight excluding hydrogens is 617 g/mol. The first kappa shape index (κ1) is 29.5. The van der Waals surface area contributed by atoms with E-state index in [1.807, 2.05) is 91.0 Å². The maximum absolute atomic E-state index is 8.83. The van der Waals surface area contributed by atoms with Gasteiger partial charge in [0.1, 0.15) is 11.2 Å². The van der Waals surface area contributed by atoms with Crippen molar-refractivity contribution in [3.05, 3.63) is 169 Å². The van der Waals surface area contributed by atoms with Crippen LogP contribution in [0, 0.1) is 5.41 Å². The molecule has 7 aromatic carbocycles. The topological polar surface area (TPSA) is 98.0 Å². The van der Waals surface area contributed by atoms with Crippen molar-refractivity contribution >= 4 is 49.4 Å². The van der Waals surface area contributed by atoms with Crippen molar-refractivity contribution in [3.8, 4) is 33.9 Å². The lowest BCUT2D eigenvalue weighted by molar-refractivity contribution is 0.199. The molecule has 0 aliphatic carbocycles. The molecule has 2 aromatic heterocycles.